The number of piperidine rings is 2. The maximum atomic E-state index is 12.3. The molecule has 2 aromatic heterocycles. The number of fused-ring (bicyclic) bond motifs is 1. The van der Waals surface area contributed by atoms with Gasteiger partial charge in [-0.05, 0) is 95.9 Å². The van der Waals surface area contributed by atoms with Crippen LogP contribution in [0.1, 0.15) is 52.5 Å². The van der Waals surface area contributed by atoms with Gasteiger partial charge in [-0.2, -0.15) is 5.10 Å². The predicted octanol–water partition coefficient (Wildman–Crippen LogP) is 5.84. The molecule has 3 aliphatic rings. The standard InChI is InChI=1S/C36H46N8O3/c1-36(2,3)47-35(45)43-22-25(23-43)21-41-17-13-27(14-18-41)42-19-15-28(16-20-42)44-34-31(33(37)38-24-39-34)32(40-44)26-9-11-30(12-10-26)46-29-7-5-4-6-8-29/h4-12,24-25,27-28H,13-23H2,1-3H3,(H2,37,38,39). The summed E-state index contributed by atoms with van der Waals surface area (Å²) in [5, 5.41) is 5.92. The number of ether oxygens (including phenoxy) is 2. The first-order valence-corrected chi connectivity index (χ1v) is 17.0. The van der Waals surface area contributed by atoms with E-state index in [1.54, 1.807) is 0 Å². The van der Waals surface area contributed by atoms with E-state index in [0.29, 0.717) is 17.8 Å². The lowest BCUT2D eigenvalue weighted by Crippen LogP contribution is -2.56. The molecule has 47 heavy (non-hydrogen) atoms. The normalized spacial score (nSPS) is 19.2. The highest BCUT2D eigenvalue weighted by Gasteiger charge is 2.36. The quantitative estimate of drug-likeness (QED) is 0.267. The molecule has 0 radical (unpaired) electrons. The molecule has 0 saturated carbocycles. The molecule has 11 heteroatoms. The van der Waals surface area contributed by atoms with E-state index in [-0.39, 0.29) is 12.1 Å². The zero-order valence-electron chi connectivity index (χ0n) is 27.7. The van der Waals surface area contributed by atoms with Gasteiger partial charge in [0, 0.05) is 50.2 Å². The van der Waals surface area contributed by atoms with Gasteiger partial charge in [0.2, 0.25) is 0 Å². The highest BCUT2D eigenvalue weighted by atomic mass is 16.6. The molecule has 0 aliphatic carbocycles. The topological polar surface area (TPSA) is 115 Å². The maximum absolute atomic E-state index is 12.3. The minimum atomic E-state index is -0.442. The molecule has 3 fully saturated rings. The number of amides is 1. The van der Waals surface area contributed by atoms with E-state index in [0.717, 1.165) is 92.4 Å². The number of para-hydroxylation sites is 1. The van der Waals surface area contributed by atoms with E-state index < -0.39 is 5.60 Å². The number of benzene rings is 2. The van der Waals surface area contributed by atoms with Crippen LogP contribution in [0.2, 0.25) is 0 Å². The molecule has 11 nitrogen and oxygen atoms in total. The predicted molar refractivity (Wildman–Crippen MR) is 182 cm³/mol. The number of hydrogen-bond acceptors (Lipinski definition) is 9. The van der Waals surface area contributed by atoms with Crippen molar-refractivity contribution in [2.75, 3.05) is 51.5 Å². The molecule has 2 aromatic carbocycles. The number of nitrogen functional groups attached to an aromatic ring is 1. The molecular formula is C36H46N8O3. The van der Waals surface area contributed by atoms with E-state index in [2.05, 4.69) is 24.4 Å². The second-order valence-electron chi connectivity index (χ2n) is 14.2. The van der Waals surface area contributed by atoms with Gasteiger partial charge in [0.15, 0.2) is 5.65 Å². The van der Waals surface area contributed by atoms with Gasteiger partial charge in [0.05, 0.1) is 11.4 Å². The van der Waals surface area contributed by atoms with Crippen molar-refractivity contribution in [3.05, 3.63) is 60.9 Å². The lowest BCUT2D eigenvalue weighted by molar-refractivity contribution is -0.00954. The van der Waals surface area contributed by atoms with Crippen LogP contribution in [0.5, 0.6) is 11.5 Å². The molecule has 1 amide bonds. The summed E-state index contributed by atoms with van der Waals surface area (Å²) in [5.74, 6) is 2.55. The zero-order valence-corrected chi connectivity index (χ0v) is 27.7. The first-order chi connectivity index (χ1) is 22.7. The minimum absolute atomic E-state index is 0.186. The highest BCUT2D eigenvalue weighted by Crippen LogP contribution is 2.36. The van der Waals surface area contributed by atoms with Crippen molar-refractivity contribution in [1.29, 1.82) is 0 Å². The van der Waals surface area contributed by atoms with Gasteiger partial charge in [-0.15, -0.1) is 0 Å². The van der Waals surface area contributed by atoms with Crippen LogP contribution in [0.3, 0.4) is 0 Å². The first kappa shape index (κ1) is 31.4. The van der Waals surface area contributed by atoms with E-state index in [4.69, 9.17) is 20.3 Å². The Bertz CT molecular complexity index is 1660. The van der Waals surface area contributed by atoms with Crippen molar-refractivity contribution in [2.45, 2.75) is 64.1 Å². The number of carbonyl (C=O) groups is 1. The van der Waals surface area contributed by atoms with Crippen molar-refractivity contribution in [3.63, 3.8) is 0 Å². The van der Waals surface area contributed by atoms with E-state index >= 15 is 0 Å². The Balaban J connectivity index is 0.936. The van der Waals surface area contributed by atoms with Gasteiger partial charge in [-0.25, -0.2) is 19.4 Å². The summed E-state index contributed by atoms with van der Waals surface area (Å²) in [7, 11) is 0. The van der Waals surface area contributed by atoms with Crippen LogP contribution in [0, 0.1) is 5.92 Å². The average molecular weight is 639 g/mol. The SMILES string of the molecule is CC(C)(C)OC(=O)N1CC(CN2CCC(N3CCC(n4nc(-c5ccc(Oc6ccccc6)cc5)c5c(N)ncnc54)CC3)CC2)C1. The van der Waals surface area contributed by atoms with Crippen molar-refractivity contribution in [1.82, 2.24) is 34.4 Å². The number of aromatic nitrogens is 4. The Morgan fingerprint density at radius 1 is 0.872 bits per heavy atom. The number of rotatable bonds is 7. The van der Waals surface area contributed by atoms with Gasteiger partial charge in [-0.3, -0.25) is 0 Å². The van der Waals surface area contributed by atoms with Gasteiger partial charge in [-0.1, -0.05) is 18.2 Å². The summed E-state index contributed by atoms with van der Waals surface area (Å²) in [6.07, 6.45) is 5.78. The molecule has 3 aliphatic heterocycles. The summed E-state index contributed by atoms with van der Waals surface area (Å²) in [5.41, 5.74) is 8.54. The van der Waals surface area contributed by atoms with Crippen LogP contribution in [0.15, 0.2) is 60.9 Å². The number of nitrogens with zero attached hydrogens (tertiary/aromatic N) is 7. The first-order valence-electron chi connectivity index (χ1n) is 17.0. The minimum Gasteiger partial charge on any atom is -0.457 e. The number of carbonyl (C=O) groups excluding carboxylic acids is 1. The summed E-state index contributed by atoms with van der Waals surface area (Å²) in [6.45, 7) is 12.7. The third-order valence-corrected chi connectivity index (χ3v) is 9.67. The molecule has 7 rings (SSSR count). The summed E-state index contributed by atoms with van der Waals surface area (Å²) in [6, 6.07) is 18.6. The maximum Gasteiger partial charge on any atom is 0.410 e. The number of nitrogens with two attached hydrogens (primary N) is 1. The fourth-order valence-corrected chi connectivity index (χ4v) is 7.25. The third kappa shape index (κ3) is 7.06. The summed E-state index contributed by atoms with van der Waals surface area (Å²) >= 11 is 0. The van der Waals surface area contributed by atoms with Crippen molar-refractivity contribution in [3.8, 4) is 22.8 Å². The zero-order chi connectivity index (χ0) is 32.5. The van der Waals surface area contributed by atoms with Crippen molar-refractivity contribution >= 4 is 22.9 Å². The van der Waals surface area contributed by atoms with Crippen molar-refractivity contribution in [2.24, 2.45) is 5.92 Å². The fraction of sp³-hybridized carbons (Fsp3) is 0.500. The van der Waals surface area contributed by atoms with Crippen molar-refractivity contribution < 1.29 is 14.3 Å². The molecule has 248 valence electrons. The van der Waals surface area contributed by atoms with Crippen LogP contribution in [0.4, 0.5) is 10.6 Å². The molecule has 4 aromatic rings. The highest BCUT2D eigenvalue weighted by molar-refractivity contribution is 5.98. The van der Waals surface area contributed by atoms with Gasteiger partial charge >= 0.3 is 6.09 Å². The third-order valence-electron chi connectivity index (χ3n) is 9.67. The second-order valence-corrected chi connectivity index (χ2v) is 14.2. The molecule has 2 N–H and O–H groups in total. The smallest absolute Gasteiger partial charge is 0.410 e. The Morgan fingerprint density at radius 3 is 2.21 bits per heavy atom. The van der Waals surface area contributed by atoms with E-state index in [9.17, 15) is 4.79 Å². The Hall–Kier alpha value is -4.22. The molecule has 3 saturated heterocycles. The van der Waals surface area contributed by atoms with E-state index in [1.807, 2.05) is 80.3 Å². The monoisotopic (exact) mass is 638 g/mol. The number of likely N-dealkylation sites (tertiary alicyclic amines) is 3. The molecule has 0 spiro atoms. The Morgan fingerprint density at radius 2 is 1.53 bits per heavy atom. The Labute approximate surface area is 276 Å². The van der Waals surface area contributed by atoms with Crippen LogP contribution in [-0.4, -0.2) is 98.0 Å². The van der Waals surface area contributed by atoms with Crippen LogP contribution in [-0.2, 0) is 4.74 Å². The van der Waals surface area contributed by atoms with Crippen LogP contribution in [0.25, 0.3) is 22.3 Å². The molecule has 0 unspecified atom stereocenters. The number of hydrogen-bond donors (Lipinski definition) is 1. The molecule has 0 atom stereocenters. The lowest BCUT2D eigenvalue weighted by Gasteiger charge is -2.45. The van der Waals surface area contributed by atoms with Gasteiger partial charge < -0.3 is 29.9 Å². The summed E-state index contributed by atoms with van der Waals surface area (Å²) in [4.78, 5) is 28.3. The molecule has 0 bridgehead atoms. The molecular weight excluding hydrogens is 592 g/mol. The van der Waals surface area contributed by atoms with Crippen LogP contribution >= 0.6 is 0 Å². The lowest BCUT2D eigenvalue weighted by atomic mass is 9.95. The second kappa shape index (κ2) is 13.1. The molecule has 5 heterocycles. The van der Waals surface area contributed by atoms with E-state index in [1.165, 1.54) is 19.2 Å². The number of anilines is 1. The largest absolute Gasteiger partial charge is 0.457 e. The van der Waals surface area contributed by atoms with Gasteiger partial charge in [0.1, 0.15) is 34.9 Å². The van der Waals surface area contributed by atoms with Crippen LogP contribution < -0.4 is 10.5 Å². The summed E-state index contributed by atoms with van der Waals surface area (Å²) < 4.78 is 13.6. The van der Waals surface area contributed by atoms with Gasteiger partial charge in [0.25, 0.3) is 0 Å². The fourth-order valence-electron chi connectivity index (χ4n) is 7.25. The average Bonchev–Trinajstić information content (AvgIpc) is 3.44. The Kier molecular flexibility index (Phi) is 8.76.